The first-order chi connectivity index (χ1) is 8.44. The number of aromatic carboxylic acids is 1. The minimum atomic E-state index is -0.967. The number of carboxylic acids is 1. The lowest BCUT2D eigenvalue weighted by Crippen LogP contribution is -2.30. The van der Waals surface area contributed by atoms with E-state index in [-0.39, 0.29) is 17.6 Å². The van der Waals surface area contributed by atoms with Crippen LogP contribution in [0.5, 0.6) is 0 Å². The summed E-state index contributed by atoms with van der Waals surface area (Å²) in [4.78, 5) is 14.7. The van der Waals surface area contributed by atoms with E-state index in [4.69, 9.17) is 10.2 Å². The minimum Gasteiger partial charge on any atom is -0.478 e. The zero-order chi connectivity index (χ0) is 13.6. The second-order valence-electron chi connectivity index (χ2n) is 5.08. The highest BCUT2D eigenvalue weighted by molar-refractivity contribution is 5.87. The summed E-state index contributed by atoms with van der Waals surface area (Å²) in [5.74, 6) is -0.967. The van der Waals surface area contributed by atoms with Crippen LogP contribution in [0.2, 0.25) is 0 Å². The van der Waals surface area contributed by atoms with Crippen LogP contribution in [0.25, 0.3) is 0 Å². The molecule has 100 valence electrons. The summed E-state index contributed by atoms with van der Waals surface area (Å²) in [6.07, 6.45) is 2.10. The third-order valence-electron chi connectivity index (χ3n) is 2.77. The first-order valence-corrected chi connectivity index (χ1v) is 5.94. The Morgan fingerprint density at radius 3 is 2.67 bits per heavy atom. The molecular weight excluding hydrogens is 232 g/mol. The van der Waals surface area contributed by atoms with E-state index in [1.807, 2.05) is 0 Å². The molecule has 0 aliphatic heterocycles. The van der Waals surface area contributed by atoms with Crippen molar-refractivity contribution in [3.63, 3.8) is 0 Å². The van der Waals surface area contributed by atoms with E-state index in [1.54, 1.807) is 12.1 Å². The fraction of sp³-hybridized carbons (Fsp3) is 0.538. The molecule has 1 aromatic rings. The molecule has 0 fully saturated rings. The quantitative estimate of drug-likeness (QED) is 0.681. The topological polar surface area (TPSA) is 82.5 Å². The Labute approximate surface area is 107 Å². The highest BCUT2D eigenvalue weighted by Gasteiger charge is 2.16. The Hall–Kier alpha value is -1.46. The monoisotopic (exact) mass is 252 g/mol. The molecule has 0 atom stereocenters. The van der Waals surface area contributed by atoms with Gasteiger partial charge in [0.05, 0.1) is 11.3 Å². The number of nitrogens with zero attached hydrogens (tertiary/aromatic N) is 1. The number of aromatic nitrogens is 1. The van der Waals surface area contributed by atoms with Gasteiger partial charge in [0.1, 0.15) is 0 Å². The maximum Gasteiger partial charge on any atom is 0.337 e. The smallest absolute Gasteiger partial charge is 0.337 e. The van der Waals surface area contributed by atoms with E-state index in [0.29, 0.717) is 6.54 Å². The van der Waals surface area contributed by atoms with E-state index in [0.717, 1.165) is 18.7 Å². The highest BCUT2D eigenvalue weighted by atomic mass is 16.4. The molecular formula is C13H20N2O3. The number of aliphatic hydroxyl groups excluding tert-OH is 1. The van der Waals surface area contributed by atoms with Crippen molar-refractivity contribution < 1.29 is 15.0 Å². The molecule has 1 rings (SSSR count). The number of carboxylic acid groups (broad SMARTS) is 1. The van der Waals surface area contributed by atoms with Crippen molar-refractivity contribution >= 4 is 5.97 Å². The van der Waals surface area contributed by atoms with Crippen molar-refractivity contribution in [3.05, 3.63) is 29.6 Å². The van der Waals surface area contributed by atoms with Gasteiger partial charge in [-0.3, -0.25) is 4.98 Å². The Balaban J connectivity index is 2.42. The molecule has 18 heavy (non-hydrogen) atoms. The zero-order valence-electron chi connectivity index (χ0n) is 10.8. The van der Waals surface area contributed by atoms with Gasteiger partial charge in [0, 0.05) is 25.9 Å². The fourth-order valence-electron chi connectivity index (χ4n) is 1.58. The summed E-state index contributed by atoms with van der Waals surface area (Å²) in [6, 6.07) is 3.25. The van der Waals surface area contributed by atoms with E-state index >= 15 is 0 Å². The van der Waals surface area contributed by atoms with E-state index in [1.165, 1.54) is 6.20 Å². The number of carbonyl (C=O) groups is 1. The van der Waals surface area contributed by atoms with Crippen LogP contribution < -0.4 is 5.32 Å². The van der Waals surface area contributed by atoms with Gasteiger partial charge in [0.15, 0.2) is 0 Å². The number of pyridine rings is 1. The van der Waals surface area contributed by atoms with Crippen molar-refractivity contribution in [3.8, 4) is 0 Å². The molecule has 3 N–H and O–H groups in total. The van der Waals surface area contributed by atoms with Crippen molar-refractivity contribution in [2.24, 2.45) is 5.41 Å². The van der Waals surface area contributed by atoms with Crippen molar-refractivity contribution in [2.75, 3.05) is 13.2 Å². The molecule has 0 unspecified atom stereocenters. The summed E-state index contributed by atoms with van der Waals surface area (Å²) < 4.78 is 0. The van der Waals surface area contributed by atoms with Crippen LogP contribution in [0, 0.1) is 5.41 Å². The summed E-state index contributed by atoms with van der Waals surface area (Å²) in [6.45, 7) is 5.71. The summed E-state index contributed by atoms with van der Waals surface area (Å²) in [7, 11) is 0. The van der Waals surface area contributed by atoms with E-state index < -0.39 is 5.97 Å². The molecule has 1 aromatic heterocycles. The first kappa shape index (κ1) is 14.6. The number of hydrogen-bond acceptors (Lipinski definition) is 4. The average Bonchev–Trinajstić information content (AvgIpc) is 2.29. The molecule has 0 amide bonds. The van der Waals surface area contributed by atoms with Crippen LogP contribution in [0.1, 0.15) is 36.3 Å². The summed E-state index contributed by atoms with van der Waals surface area (Å²) in [5.41, 5.74) is 1.04. The Morgan fingerprint density at radius 2 is 2.17 bits per heavy atom. The van der Waals surface area contributed by atoms with Crippen molar-refractivity contribution in [1.29, 1.82) is 0 Å². The van der Waals surface area contributed by atoms with Crippen LogP contribution in [0.4, 0.5) is 0 Å². The van der Waals surface area contributed by atoms with Crippen LogP contribution in [-0.2, 0) is 6.54 Å². The van der Waals surface area contributed by atoms with E-state index in [2.05, 4.69) is 24.1 Å². The Bertz CT molecular complexity index is 388. The van der Waals surface area contributed by atoms with Gasteiger partial charge in [-0.05, 0) is 24.0 Å². The van der Waals surface area contributed by atoms with Gasteiger partial charge in [0.2, 0.25) is 0 Å². The lowest BCUT2D eigenvalue weighted by molar-refractivity contribution is 0.0696. The van der Waals surface area contributed by atoms with Gasteiger partial charge < -0.3 is 15.5 Å². The number of hydrogen-bond donors (Lipinski definition) is 3. The minimum absolute atomic E-state index is 0.0375. The third-order valence-corrected chi connectivity index (χ3v) is 2.77. The highest BCUT2D eigenvalue weighted by Crippen LogP contribution is 2.18. The zero-order valence-corrected chi connectivity index (χ0v) is 10.8. The SMILES string of the molecule is CC(C)(CCO)CNCc1ccc(C(=O)O)cn1. The molecule has 0 saturated carbocycles. The standard InChI is InChI=1S/C13H20N2O3/c1-13(2,5-6-16)9-14-8-11-4-3-10(7-15-11)12(17)18/h3-4,7,14,16H,5-6,8-9H2,1-2H3,(H,17,18). The molecule has 0 aliphatic carbocycles. The van der Waals surface area contributed by atoms with Crippen LogP contribution >= 0.6 is 0 Å². The lowest BCUT2D eigenvalue weighted by atomic mass is 9.90. The number of rotatable bonds is 7. The molecule has 5 nitrogen and oxygen atoms in total. The fourth-order valence-corrected chi connectivity index (χ4v) is 1.58. The number of aliphatic hydroxyl groups is 1. The second-order valence-corrected chi connectivity index (χ2v) is 5.08. The van der Waals surface area contributed by atoms with Gasteiger partial charge >= 0.3 is 5.97 Å². The van der Waals surface area contributed by atoms with Gasteiger partial charge in [-0.1, -0.05) is 13.8 Å². The predicted molar refractivity (Wildman–Crippen MR) is 68.4 cm³/mol. The summed E-state index contributed by atoms with van der Waals surface area (Å²) >= 11 is 0. The van der Waals surface area contributed by atoms with Crippen molar-refractivity contribution in [2.45, 2.75) is 26.8 Å². The van der Waals surface area contributed by atoms with Crippen molar-refractivity contribution in [1.82, 2.24) is 10.3 Å². The van der Waals surface area contributed by atoms with Gasteiger partial charge in [-0.25, -0.2) is 4.79 Å². The molecule has 0 radical (unpaired) electrons. The number of nitrogens with one attached hydrogen (secondary N) is 1. The summed E-state index contributed by atoms with van der Waals surface area (Å²) in [5, 5.41) is 20.9. The molecule has 1 heterocycles. The normalized spacial score (nSPS) is 11.5. The molecule has 0 saturated heterocycles. The van der Waals surface area contributed by atoms with Crippen LogP contribution in [0.15, 0.2) is 18.3 Å². The van der Waals surface area contributed by atoms with Gasteiger partial charge in [0.25, 0.3) is 0 Å². The van der Waals surface area contributed by atoms with Gasteiger partial charge in [-0.2, -0.15) is 0 Å². The molecule has 5 heteroatoms. The second kappa shape index (κ2) is 6.47. The molecule has 0 aliphatic rings. The van der Waals surface area contributed by atoms with E-state index in [9.17, 15) is 4.79 Å². The Morgan fingerprint density at radius 1 is 1.44 bits per heavy atom. The first-order valence-electron chi connectivity index (χ1n) is 5.94. The Kier molecular flexibility index (Phi) is 5.25. The predicted octanol–water partition coefficient (Wildman–Crippen LogP) is 1.28. The average molecular weight is 252 g/mol. The third kappa shape index (κ3) is 4.81. The molecule has 0 bridgehead atoms. The lowest BCUT2D eigenvalue weighted by Gasteiger charge is -2.23. The van der Waals surface area contributed by atoms with Gasteiger partial charge in [-0.15, -0.1) is 0 Å². The maximum atomic E-state index is 10.7. The maximum absolute atomic E-state index is 10.7. The van der Waals surface area contributed by atoms with Crippen LogP contribution in [-0.4, -0.2) is 34.3 Å². The molecule has 0 aromatic carbocycles. The molecule has 0 spiro atoms. The largest absolute Gasteiger partial charge is 0.478 e. The van der Waals surface area contributed by atoms with Crippen LogP contribution in [0.3, 0.4) is 0 Å².